The molecule has 1 aliphatic heterocycles. The third kappa shape index (κ3) is 4.50. The Morgan fingerprint density at radius 3 is 2.60 bits per heavy atom. The first-order chi connectivity index (χ1) is 9.66. The van der Waals surface area contributed by atoms with E-state index in [-0.39, 0.29) is 5.91 Å². The number of carbonyl (C=O) groups is 1. The summed E-state index contributed by atoms with van der Waals surface area (Å²) in [6.45, 7) is 5.88. The Morgan fingerprint density at radius 2 is 1.95 bits per heavy atom. The second-order valence-corrected chi connectivity index (χ2v) is 5.90. The number of halogens is 1. The second kappa shape index (κ2) is 7.65. The number of likely N-dealkylation sites (tertiary alicyclic amines) is 1. The summed E-state index contributed by atoms with van der Waals surface area (Å²) in [7, 11) is 0. The van der Waals surface area contributed by atoms with Crippen LogP contribution in [-0.4, -0.2) is 37.0 Å². The highest BCUT2D eigenvalue weighted by Crippen LogP contribution is 2.17. The van der Waals surface area contributed by atoms with Gasteiger partial charge in [0.05, 0.1) is 10.6 Å². The molecule has 2 rings (SSSR count). The van der Waals surface area contributed by atoms with Crippen LogP contribution >= 0.6 is 11.6 Å². The van der Waals surface area contributed by atoms with Crippen LogP contribution in [0.1, 0.15) is 41.6 Å². The van der Waals surface area contributed by atoms with Crippen molar-refractivity contribution in [1.82, 2.24) is 10.2 Å². The maximum atomic E-state index is 12.1. The van der Waals surface area contributed by atoms with Crippen molar-refractivity contribution < 1.29 is 4.79 Å². The molecule has 1 fully saturated rings. The van der Waals surface area contributed by atoms with Gasteiger partial charge in [0.15, 0.2) is 0 Å². The predicted molar refractivity (Wildman–Crippen MR) is 83.4 cm³/mol. The van der Waals surface area contributed by atoms with Crippen LogP contribution in [-0.2, 0) is 0 Å². The molecule has 0 aromatic heterocycles. The van der Waals surface area contributed by atoms with E-state index in [0.29, 0.717) is 17.1 Å². The summed E-state index contributed by atoms with van der Waals surface area (Å²) in [5, 5.41) is 3.49. The van der Waals surface area contributed by atoms with Crippen molar-refractivity contribution in [3.8, 4) is 0 Å². The summed E-state index contributed by atoms with van der Waals surface area (Å²) in [5.41, 5.74) is 1.63. The van der Waals surface area contributed by atoms with E-state index in [2.05, 4.69) is 10.2 Å². The van der Waals surface area contributed by atoms with Crippen LogP contribution in [0.2, 0.25) is 5.02 Å². The lowest BCUT2D eigenvalue weighted by atomic mass is 10.1. The minimum atomic E-state index is -0.0789. The third-order valence-corrected chi connectivity index (χ3v) is 4.09. The van der Waals surface area contributed by atoms with E-state index < -0.39 is 0 Å². The maximum Gasteiger partial charge on any atom is 0.252 e. The van der Waals surface area contributed by atoms with Gasteiger partial charge in [0.25, 0.3) is 5.91 Å². The van der Waals surface area contributed by atoms with E-state index >= 15 is 0 Å². The van der Waals surface area contributed by atoms with Crippen LogP contribution < -0.4 is 5.32 Å². The Labute approximate surface area is 126 Å². The molecule has 0 aliphatic carbocycles. The fraction of sp³-hybridized carbons (Fsp3) is 0.562. The fourth-order valence-corrected chi connectivity index (χ4v) is 2.91. The Kier molecular flexibility index (Phi) is 5.86. The molecule has 110 valence electrons. The summed E-state index contributed by atoms with van der Waals surface area (Å²) in [6.07, 6.45) is 5.22. The molecule has 0 unspecified atom stereocenters. The molecule has 1 aliphatic rings. The lowest BCUT2D eigenvalue weighted by Gasteiger charge is -2.19. The molecule has 3 nitrogen and oxygen atoms in total. The molecule has 0 bridgehead atoms. The van der Waals surface area contributed by atoms with Crippen molar-refractivity contribution in [3.05, 3.63) is 34.3 Å². The Balaban J connectivity index is 1.79. The van der Waals surface area contributed by atoms with E-state index in [4.69, 9.17) is 11.6 Å². The number of hydrogen-bond acceptors (Lipinski definition) is 2. The van der Waals surface area contributed by atoms with E-state index in [1.165, 1.54) is 25.7 Å². The van der Waals surface area contributed by atoms with Gasteiger partial charge in [0.1, 0.15) is 0 Å². The molecule has 0 radical (unpaired) electrons. The van der Waals surface area contributed by atoms with Gasteiger partial charge in [-0.2, -0.15) is 0 Å². The highest BCUT2D eigenvalue weighted by Gasteiger charge is 2.12. The maximum absolute atomic E-state index is 12.1. The predicted octanol–water partition coefficient (Wildman–Crippen LogP) is 3.25. The number of hydrogen-bond donors (Lipinski definition) is 1. The average molecular weight is 295 g/mol. The number of carbonyl (C=O) groups excluding carboxylic acids is 1. The van der Waals surface area contributed by atoms with Crippen LogP contribution in [0.5, 0.6) is 0 Å². The molecule has 0 atom stereocenters. The minimum absolute atomic E-state index is 0.0789. The molecule has 1 saturated heterocycles. The van der Waals surface area contributed by atoms with Gasteiger partial charge in [-0.05, 0) is 50.6 Å². The number of benzene rings is 1. The molecule has 1 N–H and O–H groups in total. The second-order valence-electron chi connectivity index (χ2n) is 5.50. The zero-order valence-electron chi connectivity index (χ0n) is 12.1. The van der Waals surface area contributed by atoms with Gasteiger partial charge in [-0.1, -0.05) is 30.5 Å². The molecule has 4 heteroatoms. The summed E-state index contributed by atoms with van der Waals surface area (Å²) < 4.78 is 0. The molecule has 20 heavy (non-hydrogen) atoms. The lowest BCUT2D eigenvalue weighted by Crippen LogP contribution is -2.35. The lowest BCUT2D eigenvalue weighted by molar-refractivity contribution is 0.0948. The Bertz CT molecular complexity index is 454. The van der Waals surface area contributed by atoms with Gasteiger partial charge in [0.2, 0.25) is 0 Å². The van der Waals surface area contributed by atoms with Crippen LogP contribution in [0, 0.1) is 6.92 Å². The van der Waals surface area contributed by atoms with Gasteiger partial charge in [-0.25, -0.2) is 0 Å². The average Bonchev–Trinajstić information content (AvgIpc) is 2.67. The fourth-order valence-electron chi connectivity index (χ4n) is 2.59. The minimum Gasteiger partial charge on any atom is -0.351 e. The smallest absolute Gasteiger partial charge is 0.252 e. The molecule has 1 aromatic carbocycles. The van der Waals surface area contributed by atoms with E-state index in [1.807, 2.05) is 19.1 Å². The standard InChI is InChI=1S/C16H23ClN2O/c1-13-6-7-14(15(17)12-13)16(20)18-8-11-19-9-4-2-3-5-10-19/h6-7,12H,2-5,8-11H2,1H3,(H,18,20). The van der Waals surface area contributed by atoms with Crippen molar-refractivity contribution in [1.29, 1.82) is 0 Å². The van der Waals surface area contributed by atoms with Gasteiger partial charge >= 0.3 is 0 Å². The van der Waals surface area contributed by atoms with Crippen molar-refractivity contribution in [2.24, 2.45) is 0 Å². The van der Waals surface area contributed by atoms with Crippen molar-refractivity contribution >= 4 is 17.5 Å². The monoisotopic (exact) mass is 294 g/mol. The van der Waals surface area contributed by atoms with E-state index in [0.717, 1.165) is 25.2 Å². The molecule has 1 heterocycles. The molecule has 0 spiro atoms. The Morgan fingerprint density at radius 1 is 1.25 bits per heavy atom. The summed E-state index contributed by atoms with van der Waals surface area (Å²) in [5.74, 6) is -0.0789. The number of nitrogens with one attached hydrogen (secondary N) is 1. The van der Waals surface area contributed by atoms with Gasteiger partial charge in [0, 0.05) is 13.1 Å². The van der Waals surface area contributed by atoms with Crippen molar-refractivity contribution in [2.45, 2.75) is 32.6 Å². The first-order valence-electron chi connectivity index (χ1n) is 7.43. The molecule has 1 amide bonds. The van der Waals surface area contributed by atoms with E-state index in [9.17, 15) is 4.79 Å². The summed E-state index contributed by atoms with van der Waals surface area (Å²) in [6, 6.07) is 5.53. The highest BCUT2D eigenvalue weighted by molar-refractivity contribution is 6.33. The molecular formula is C16H23ClN2O. The molecule has 0 saturated carbocycles. The van der Waals surface area contributed by atoms with Gasteiger partial charge < -0.3 is 10.2 Å². The zero-order valence-corrected chi connectivity index (χ0v) is 12.9. The van der Waals surface area contributed by atoms with Gasteiger partial charge in [-0.15, -0.1) is 0 Å². The number of aryl methyl sites for hydroxylation is 1. The van der Waals surface area contributed by atoms with E-state index in [1.54, 1.807) is 6.07 Å². The largest absolute Gasteiger partial charge is 0.351 e. The third-order valence-electron chi connectivity index (χ3n) is 3.78. The highest BCUT2D eigenvalue weighted by atomic mass is 35.5. The van der Waals surface area contributed by atoms with Crippen LogP contribution in [0.15, 0.2) is 18.2 Å². The summed E-state index contributed by atoms with van der Waals surface area (Å²) >= 11 is 6.10. The van der Waals surface area contributed by atoms with Crippen LogP contribution in [0.3, 0.4) is 0 Å². The number of nitrogens with zero attached hydrogens (tertiary/aromatic N) is 1. The normalized spacial score (nSPS) is 16.7. The van der Waals surface area contributed by atoms with Crippen LogP contribution in [0.4, 0.5) is 0 Å². The Hall–Kier alpha value is -1.06. The molecule has 1 aromatic rings. The van der Waals surface area contributed by atoms with Gasteiger partial charge in [-0.3, -0.25) is 4.79 Å². The SMILES string of the molecule is Cc1ccc(C(=O)NCCN2CCCCCC2)c(Cl)c1. The summed E-state index contributed by atoms with van der Waals surface area (Å²) in [4.78, 5) is 14.5. The number of amides is 1. The van der Waals surface area contributed by atoms with Crippen molar-refractivity contribution in [3.63, 3.8) is 0 Å². The quantitative estimate of drug-likeness (QED) is 0.924. The molecular weight excluding hydrogens is 272 g/mol. The first kappa shape index (κ1) is 15.3. The first-order valence-corrected chi connectivity index (χ1v) is 7.81. The van der Waals surface area contributed by atoms with Crippen molar-refractivity contribution in [2.75, 3.05) is 26.2 Å². The topological polar surface area (TPSA) is 32.3 Å². The number of rotatable bonds is 4. The zero-order chi connectivity index (χ0) is 14.4. The van der Waals surface area contributed by atoms with Crippen LogP contribution in [0.25, 0.3) is 0 Å².